The summed E-state index contributed by atoms with van der Waals surface area (Å²) in [7, 11) is 0. The van der Waals surface area contributed by atoms with Crippen molar-refractivity contribution in [3.63, 3.8) is 0 Å². The first-order valence-electron chi connectivity index (χ1n) is 4.91. The minimum Gasteiger partial charge on any atom is -0.378 e. The lowest BCUT2D eigenvalue weighted by Crippen LogP contribution is -2.39. The Morgan fingerprint density at radius 2 is 1.86 bits per heavy atom. The summed E-state index contributed by atoms with van der Waals surface area (Å²) in [5, 5.41) is 28.2. The zero-order valence-electron chi connectivity index (χ0n) is 8.17. The second-order valence-electron chi connectivity index (χ2n) is 3.42. The van der Waals surface area contributed by atoms with Crippen LogP contribution in [0, 0.1) is 6.92 Å². The average Bonchev–Trinajstić information content (AvgIpc) is 2.38. The molecule has 0 amide bonds. The Balaban J connectivity index is 2.22. The molecular weight excluding hydrogens is 202 g/mol. The molecule has 0 bridgehead atoms. The van der Waals surface area contributed by atoms with Gasteiger partial charge in [0.25, 0.3) is 0 Å². The van der Waals surface area contributed by atoms with Crippen LogP contribution in [0.1, 0.15) is 25.7 Å². The van der Waals surface area contributed by atoms with Crippen molar-refractivity contribution in [1.82, 2.24) is 4.90 Å². The van der Waals surface area contributed by atoms with Crippen LogP contribution >= 0.6 is 11.8 Å². The van der Waals surface area contributed by atoms with Gasteiger partial charge in [-0.15, -0.1) is 0 Å². The smallest absolute Gasteiger partial charge is 0.160 e. The second-order valence-corrected chi connectivity index (χ2v) is 4.60. The van der Waals surface area contributed by atoms with E-state index in [9.17, 15) is 15.3 Å². The zero-order valence-corrected chi connectivity index (χ0v) is 8.99. The first kappa shape index (κ1) is 12.3. The van der Waals surface area contributed by atoms with Crippen LogP contribution in [0.3, 0.4) is 0 Å². The highest BCUT2D eigenvalue weighted by Gasteiger charge is 2.38. The highest BCUT2D eigenvalue weighted by Crippen LogP contribution is 2.31. The minimum absolute atomic E-state index is 0.617. The lowest BCUT2D eigenvalue weighted by atomic mass is 10.2. The number of aliphatic hydroxyl groups excluding tert-OH is 3. The van der Waals surface area contributed by atoms with Crippen LogP contribution in [0.15, 0.2) is 0 Å². The molecule has 1 radical (unpaired) electrons. The van der Waals surface area contributed by atoms with Crippen LogP contribution in [-0.4, -0.2) is 44.0 Å². The molecule has 0 aromatic heterocycles. The van der Waals surface area contributed by atoms with Crippen molar-refractivity contribution < 1.29 is 15.3 Å². The Labute approximate surface area is 88.9 Å². The van der Waals surface area contributed by atoms with Crippen molar-refractivity contribution in [3.05, 3.63) is 6.92 Å². The molecule has 1 heterocycles. The van der Waals surface area contributed by atoms with E-state index < -0.39 is 17.2 Å². The molecule has 0 aliphatic carbocycles. The lowest BCUT2D eigenvalue weighted by Gasteiger charge is -2.22. The van der Waals surface area contributed by atoms with Crippen molar-refractivity contribution in [1.29, 1.82) is 0 Å². The van der Waals surface area contributed by atoms with Gasteiger partial charge in [0.2, 0.25) is 0 Å². The predicted octanol–water partition coefficient (Wildman–Crippen LogP) is 0.342. The summed E-state index contributed by atoms with van der Waals surface area (Å²) in [6.07, 6.45) is 3.00. The fourth-order valence-electron chi connectivity index (χ4n) is 1.46. The number of thioether (sulfide) groups is 1. The quantitative estimate of drug-likeness (QED) is 0.583. The van der Waals surface area contributed by atoms with Gasteiger partial charge in [-0.2, -0.15) is 0 Å². The highest BCUT2D eigenvalue weighted by atomic mass is 32.2. The summed E-state index contributed by atoms with van der Waals surface area (Å²) in [6.45, 7) is 4.36. The molecule has 0 aromatic rings. The number of hydrogen-bond acceptors (Lipinski definition) is 5. The molecule has 0 spiro atoms. The predicted molar refractivity (Wildman–Crippen MR) is 56.1 cm³/mol. The topological polar surface area (TPSA) is 63.9 Å². The largest absolute Gasteiger partial charge is 0.378 e. The summed E-state index contributed by atoms with van der Waals surface area (Å²) >= 11 is 0.975. The molecule has 3 atom stereocenters. The molecule has 1 aliphatic rings. The Morgan fingerprint density at radius 3 is 2.36 bits per heavy atom. The summed E-state index contributed by atoms with van der Waals surface area (Å²) < 4.78 is 0. The Bertz CT molecular complexity index is 170. The monoisotopic (exact) mass is 220 g/mol. The fourth-order valence-corrected chi connectivity index (χ4v) is 2.39. The molecule has 0 aromatic carbocycles. The van der Waals surface area contributed by atoms with Gasteiger partial charge in [-0.1, -0.05) is 37.9 Å². The molecule has 1 fully saturated rings. The second kappa shape index (κ2) is 5.92. The van der Waals surface area contributed by atoms with E-state index in [-0.39, 0.29) is 0 Å². The van der Waals surface area contributed by atoms with Gasteiger partial charge in [0.1, 0.15) is 11.7 Å². The van der Waals surface area contributed by atoms with Crippen LogP contribution in [0.5, 0.6) is 0 Å². The third-order valence-corrected chi connectivity index (χ3v) is 3.34. The maximum atomic E-state index is 9.47. The van der Waals surface area contributed by atoms with E-state index >= 15 is 0 Å². The van der Waals surface area contributed by atoms with E-state index in [0.29, 0.717) is 6.54 Å². The van der Waals surface area contributed by atoms with E-state index in [1.165, 1.54) is 4.90 Å². The normalized spacial score (nSPS) is 33.9. The number of aliphatic hydroxyl groups is 3. The average molecular weight is 220 g/mol. The summed E-state index contributed by atoms with van der Waals surface area (Å²) in [6, 6.07) is 0. The number of unbranched alkanes of at least 4 members (excludes halogenated alkanes) is 3. The minimum atomic E-state index is -0.935. The van der Waals surface area contributed by atoms with E-state index in [1.54, 1.807) is 0 Å². The third-order valence-electron chi connectivity index (χ3n) is 2.31. The Kier molecular flexibility index (Phi) is 5.19. The first-order chi connectivity index (χ1) is 6.66. The van der Waals surface area contributed by atoms with E-state index in [2.05, 4.69) is 6.92 Å². The van der Waals surface area contributed by atoms with Gasteiger partial charge >= 0.3 is 0 Å². The maximum Gasteiger partial charge on any atom is 0.160 e. The molecule has 0 saturated carbocycles. The van der Waals surface area contributed by atoms with Crippen LogP contribution in [0.25, 0.3) is 0 Å². The molecule has 3 N–H and O–H groups in total. The van der Waals surface area contributed by atoms with E-state index in [1.807, 2.05) is 0 Å². The van der Waals surface area contributed by atoms with Crippen molar-refractivity contribution in [2.24, 2.45) is 0 Å². The van der Waals surface area contributed by atoms with Gasteiger partial charge in [-0.25, -0.2) is 4.90 Å². The van der Waals surface area contributed by atoms with Crippen LogP contribution in [-0.2, 0) is 0 Å². The van der Waals surface area contributed by atoms with Crippen molar-refractivity contribution in [2.75, 3.05) is 6.54 Å². The molecule has 1 saturated heterocycles. The van der Waals surface area contributed by atoms with Crippen molar-refractivity contribution >= 4 is 11.8 Å². The SMILES string of the molecule is [CH2]CCCCCN1C(O)SC(O)C1O. The number of rotatable bonds is 5. The highest BCUT2D eigenvalue weighted by molar-refractivity contribution is 8.00. The zero-order chi connectivity index (χ0) is 10.6. The standard InChI is InChI=1S/C9H18NO3S/c1-2-3-4-5-6-10-7(11)8(12)14-9(10)13/h7-9,11-13H,1-6H2. The maximum absolute atomic E-state index is 9.47. The number of hydrogen-bond donors (Lipinski definition) is 3. The van der Waals surface area contributed by atoms with Gasteiger partial charge in [0, 0.05) is 6.54 Å². The molecule has 5 heteroatoms. The van der Waals surface area contributed by atoms with Crippen LogP contribution < -0.4 is 0 Å². The van der Waals surface area contributed by atoms with Crippen molar-refractivity contribution in [2.45, 2.75) is 42.9 Å². The van der Waals surface area contributed by atoms with Gasteiger partial charge in [0.05, 0.1) is 0 Å². The Morgan fingerprint density at radius 1 is 1.14 bits per heavy atom. The van der Waals surface area contributed by atoms with Crippen LogP contribution in [0.2, 0.25) is 0 Å². The number of nitrogens with zero attached hydrogens (tertiary/aromatic N) is 1. The van der Waals surface area contributed by atoms with Gasteiger partial charge < -0.3 is 15.3 Å². The molecule has 3 unspecified atom stereocenters. The molecule has 1 rings (SSSR count). The molecular formula is C9H18NO3S. The summed E-state index contributed by atoms with van der Waals surface area (Å²) in [5.41, 5.74) is -1.67. The first-order valence-corrected chi connectivity index (χ1v) is 5.85. The van der Waals surface area contributed by atoms with Crippen molar-refractivity contribution in [3.8, 4) is 0 Å². The lowest BCUT2D eigenvalue weighted by molar-refractivity contribution is -0.0760. The van der Waals surface area contributed by atoms with Gasteiger partial charge in [-0.3, -0.25) is 0 Å². The Hall–Kier alpha value is 0.190. The fraction of sp³-hybridized carbons (Fsp3) is 0.889. The molecule has 83 valence electrons. The molecule has 4 nitrogen and oxygen atoms in total. The van der Waals surface area contributed by atoms with E-state index in [4.69, 9.17) is 0 Å². The molecule has 1 aliphatic heterocycles. The van der Waals surface area contributed by atoms with Gasteiger partial charge in [-0.05, 0) is 6.42 Å². The third kappa shape index (κ3) is 3.10. The summed E-state index contributed by atoms with van der Waals surface area (Å²) in [4.78, 5) is 1.51. The van der Waals surface area contributed by atoms with Crippen LogP contribution in [0.4, 0.5) is 0 Å². The summed E-state index contributed by atoms with van der Waals surface area (Å²) in [5.74, 6) is 0. The van der Waals surface area contributed by atoms with E-state index in [0.717, 1.165) is 37.4 Å². The molecule has 14 heavy (non-hydrogen) atoms. The van der Waals surface area contributed by atoms with Gasteiger partial charge in [0.15, 0.2) is 5.56 Å².